The molecule has 0 aromatic carbocycles. The first-order chi connectivity index (χ1) is 15.1. The molecule has 8 heteroatoms. The maximum Gasteiger partial charge on any atom is 0.222 e. The molecule has 0 unspecified atom stereocenters. The Morgan fingerprint density at radius 3 is 2.35 bits per heavy atom. The highest BCUT2D eigenvalue weighted by Gasteiger charge is 2.29. The molecule has 1 aromatic heterocycles. The van der Waals surface area contributed by atoms with Crippen molar-refractivity contribution in [2.75, 3.05) is 49.2 Å². The van der Waals surface area contributed by atoms with Crippen LogP contribution in [0.3, 0.4) is 0 Å². The van der Waals surface area contributed by atoms with Gasteiger partial charge in [0, 0.05) is 38.4 Å². The Kier molecular flexibility index (Phi) is 7.48. The zero-order chi connectivity index (χ0) is 21.6. The maximum absolute atomic E-state index is 6.13. The molecule has 31 heavy (non-hydrogen) atoms. The third-order valence-electron chi connectivity index (χ3n) is 7.37. The molecule has 4 N–H and O–H groups in total. The van der Waals surface area contributed by atoms with Crippen LogP contribution < -0.4 is 16.4 Å². The molecule has 0 bridgehead atoms. The Hall–Kier alpha value is -2.09. The van der Waals surface area contributed by atoms with E-state index in [0.717, 1.165) is 50.1 Å². The molecule has 3 aliphatic rings. The summed E-state index contributed by atoms with van der Waals surface area (Å²) in [7, 11) is 0. The molecule has 2 aliphatic carbocycles. The van der Waals surface area contributed by atoms with Crippen LogP contribution >= 0.6 is 0 Å². The summed E-state index contributed by atoms with van der Waals surface area (Å²) in [5.74, 6) is 2.03. The predicted octanol–water partition coefficient (Wildman–Crippen LogP) is 3.21. The van der Waals surface area contributed by atoms with Crippen molar-refractivity contribution in [2.24, 2.45) is 17.0 Å². The van der Waals surface area contributed by atoms with Gasteiger partial charge in [-0.1, -0.05) is 24.4 Å². The average molecular weight is 430 g/mol. The molecule has 0 spiro atoms. The minimum Gasteiger partial charge on any atom is -0.396 e. The van der Waals surface area contributed by atoms with E-state index in [1.54, 1.807) is 0 Å². The summed E-state index contributed by atoms with van der Waals surface area (Å²) in [6.45, 7) is 6.77. The van der Waals surface area contributed by atoms with Crippen LogP contribution in [0.1, 0.15) is 63.5 Å². The van der Waals surface area contributed by atoms with E-state index in [1.165, 1.54) is 57.8 Å². The fraction of sp³-hybridized carbons (Fsp3) is 0.783. The van der Waals surface area contributed by atoms with Crippen molar-refractivity contribution in [1.29, 1.82) is 0 Å². The third kappa shape index (κ3) is 5.79. The molecule has 2 saturated carbocycles. The Balaban J connectivity index is 1.18. The van der Waals surface area contributed by atoms with Crippen molar-refractivity contribution >= 4 is 23.7 Å². The highest BCUT2D eigenvalue weighted by Crippen LogP contribution is 2.30. The standard InChI is InChI=1S/C23H39N7O/c1-17-21(22(24)28-23(25)27-17)30-13-11-29(12-14-30)20-9-7-18(8-10-20)15-26-31-16-19-5-3-2-4-6-19/h15,18-20H,2-14,16H2,1H3,(H4,24,25,27,28)/b26-15+. The lowest BCUT2D eigenvalue weighted by molar-refractivity contribution is 0.0905. The molecule has 172 valence electrons. The summed E-state index contributed by atoms with van der Waals surface area (Å²) in [5.41, 5.74) is 13.7. The van der Waals surface area contributed by atoms with Gasteiger partial charge in [0.1, 0.15) is 12.3 Å². The fourth-order valence-electron chi connectivity index (χ4n) is 5.56. The summed E-state index contributed by atoms with van der Waals surface area (Å²) in [5, 5.41) is 4.31. The van der Waals surface area contributed by atoms with E-state index in [9.17, 15) is 0 Å². The molecule has 0 radical (unpaired) electrons. The molecule has 4 rings (SSSR count). The Labute approximate surface area is 186 Å². The second kappa shape index (κ2) is 10.5. The van der Waals surface area contributed by atoms with Crippen LogP contribution in [-0.2, 0) is 4.84 Å². The number of aryl methyl sites for hydroxylation is 1. The molecule has 3 fully saturated rings. The van der Waals surface area contributed by atoms with Crippen LogP contribution in [0, 0.1) is 18.8 Å². The molecule has 1 aliphatic heterocycles. The monoisotopic (exact) mass is 429 g/mol. The first-order valence-electron chi connectivity index (χ1n) is 12.1. The van der Waals surface area contributed by atoms with Gasteiger partial charge in [-0.3, -0.25) is 4.90 Å². The smallest absolute Gasteiger partial charge is 0.222 e. The second-order valence-corrected chi connectivity index (χ2v) is 9.55. The molecule has 1 aromatic rings. The van der Waals surface area contributed by atoms with Crippen molar-refractivity contribution in [2.45, 2.75) is 70.8 Å². The molecule has 0 atom stereocenters. The van der Waals surface area contributed by atoms with Crippen LogP contribution in [0.2, 0.25) is 0 Å². The second-order valence-electron chi connectivity index (χ2n) is 9.55. The lowest BCUT2D eigenvalue weighted by Crippen LogP contribution is -2.51. The van der Waals surface area contributed by atoms with Crippen LogP contribution in [-0.4, -0.2) is 59.9 Å². The average Bonchev–Trinajstić information content (AvgIpc) is 2.78. The lowest BCUT2D eigenvalue weighted by Gasteiger charge is -2.42. The summed E-state index contributed by atoms with van der Waals surface area (Å²) in [6.07, 6.45) is 13.7. The zero-order valence-corrected chi connectivity index (χ0v) is 19.0. The van der Waals surface area contributed by atoms with Crippen molar-refractivity contribution < 1.29 is 4.84 Å². The Morgan fingerprint density at radius 2 is 1.68 bits per heavy atom. The molecule has 8 nitrogen and oxygen atoms in total. The van der Waals surface area contributed by atoms with Gasteiger partial charge in [-0.25, -0.2) is 4.98 Å². The molecular formula is C23H39N7O. The van der Waals surface area contributed by atoms with E-state index in [0.29, 0.717) is 17.8 Å². The van der Waals surface area contributed by atoms with Gasteiger partial charge in [-0.2, -0.15) is 4.98 Å². The van der Waals surface area contributed by atoms with Gasteiger partial charge < -0.3 is 21.2 Å². The van der Waals surface area contributed by atoms with Crippen LogP contribution in [0.4, 0.5) is 17.5 Å². The number of nitrogen functional groups attached to an aromatic ring is 2. The van der Waals surface area contributed by atoms with Gasteiger partial charge in [-0.15, -0.1) is 0 Å². The number of rotatable bonds is 6. The third-order valence-corrected chi connectivity index (χ3v) is 7.37. The zero-order valence-electron chi connectivity index (χ0n) is 19.0. The minimum atomic E-state index is 0.247. The van der Waals surface area contributed by atoms with Gasteiger partial charge in [0.05, 0.1) is 5.69 Å². The number of oxime groups is 1. The normalized spacial score (nSPS) is 26.4. The van der Waals surface area contributed by atoms with Crippen molar-refractivity contribution in [3.63, 3.8) is 0 Å². The largest absolute Gasteiger partial charge is 0.396 e. The predicted molar refractivity (Wildman–Crippen MR) is 126 cm³/mol. The van der Waals surface area contributed by atoms with E-state index in [2.05, 4.69) is 31.1 Å². The topological polar surface area (TPSA) is 106 Å². The minimum absolute atomic E-state index is 0.247. The van der Waals surface area contributed by atoms with Crippen LogP contribution in [0.25, 0.3) is 0 Å². The SMILES string of the molecule is Cc1nc(N)nc(N)c1N1CCN(C2CCC(/C=N/OCC3CCCCC3)CC2)CC1. The van der Waals surface area contributed by atoms with Crippen LogP contribution in [0.5, 0.6) is 0 Å². The maximum atomic E-state index is 6.13. The van der Waals surface area contributed by atoms with Gasteiger partial charge in [0.2, 0.25) is 5.95 Å². The summed E-state index contributed by atoms with van der Waals surface area (Å²) >= 11 is 0. The van der Waals surface area contributed by atoms with Gasteiger partial charge >= 0.3 is 0 Å². The number of hydrogen-bond acceptors (Lipinski definition) is 8. The molecular weight excluding hydrogens is 390 g/mol. The molecule has 1 saturated heterocycles. The van der Waals surface area contributed by atoms with Gasteiger partial charge in [-0.05, 0) is 57.3 Å². The number of hydrogen-bond donors (Lipinski definition) is 2. The number of aromatic nitrogens is 2. The van der Waals surface area contributed by atoms with Gasteiger partial charge in [0.25, 0.3) is 0 Å². The van der Waals surface area contributed by atoms with Crippen LogP contribution in [0.15, 0.2) is 5.16 Å². The van der Waals surface area contributed by atoms with Crippen molar-refractivity contribution in [1.82, 2.24) is 14.9 Å². The quantitative estimate of drug-likeness (QED) is 0.528. The van der Waals surface area contributed by atoms with E-state index in [-0.39, 0.29) is 5.95 Å². The summed E-state index contributed by atoms with van der Waals surface area (Å²) in [6, 6.07) is 0.677. The van der Waals surface area contributed by atoms with E-state index in [1.807, 2.05) is 6.92 Å². The number of nitrogens with zero attached hydrogens (tertiary/aromatic N) is 5. The first-order valence-corrected chi connectivity index (χ1v) is 12.1. The first kappa shape index (κ1) is 22.1. The molecule has 2 heterocycles. The highest BCUT2D eigenvalue weighted by atomic mass is 16.6. The van der Waals surface area contributed by atoms with Crippen molar-refractivity contribution in [3.05, 3.63) is 5.69 Å². The number of piperazine rings is 1. The number of nitrogens with two attached hydrogens (primary N) is 2. The lowest BCUT2D eigenvalue weighted by atomic mass is 9.86. The van der Waals surface area contributed by atoms with E-state index < -0.39 is 0 Å². The van der Waals surface area contributed by atoms with E-state index >= 15 is 0 Å². The highest BCUT2D eigenvalue weighted by molar-refractivity contribution is 5.67. The number of anilines is 3. The van der Waals surface area contributed by atoms with Gasteiger partial charge in [0.15, 0.2) is 5.82 Å². The van der Waals surface area contributed by atoms with E-state index in [4.69, 9.17) is 16.3 Å². The fourth-order valence-corrected chi connectivity index (χ4v) is 5.56. The summed E-state index contributed by atoms with van der Waals surface area (Å²) in [4.78, 5) is 19.0. The Bertz CT molecular complexity index is 710. The Morgan fingerprint density at radius 1 is 0.968 bits per heavy atom. The molecule has 0 amide bonds. The summed E-state index contributed by atoms with van der Waals surface area (Å²) < 4.78 is 0. The van der Waals surface area contributed by atoms with Crippen molar-refractivity contribution in [3.8, 4) is 0 Å².